The minimum Gasteiger partial charge on any atom is -0.374 e. The molecule has 0 radical (unpaired) electrons. The van der Waals surface area contributed by atoms with Crippen LogP contribution in [0, 0.1) is 12.7 Å². The van der Waals surface area contributed by atoms with Gasteiger partial charge in [-0.2, -0.15) is 0 Å². The van der Waals surface area contributed by atoms with E-state index < -0.39 is 0 Å². The molecular formula is C21H24FN3O2. The number of halogens is 1. The summed E-state index contributed by atoms with van der Waals surface area (Å²) in [7, 11) is 0. The molecule has 0 spiro atoms. The molecule has 1 heterocycles. The van der Waals surface area contributed by atoms with Crippen LogP contribution in [0.3, 0.4) is 0 Å². The first-order valence-corrected chi connectivity index (χ1v) is 9.18. The van der Waals surface area contributed by atoms with Crippen molar-refractivity contribution in [1.29, 1.82) is 0 Å². The molecule has 3 rings (SSSR count). The number of benzene rings is 2. The first-order valence-electron chi connectivity index (χ1n) is 9.18. The van der Waals surface area contributed by atoms with Gasteiger partial charge in [0.1, 0.15) is 5.82 Å². The molecule has 2 aromatic carbocycles. The van der Waals surface area contributed by atoms with E-state index in [1.165, 1.54) is 6.07 Å². The van der Waals surface area contributed by atoms with Crippen LogP contribution in [-0.2, 0) is 11.3 Å². The lowest BCUT2D eigenvalue weighted by Gasteiger charge is -2.15. The van der Waals surface area contributed by atoms with Gasteiger partial charge < -0.3 is 15.5 Å². The topological polar surface area (TPSA) is 61.4 Å². The summed E-state index contributed by atoms with van der Waals surface area (Å²) in [6.07, 6.45) is 2.13. The Balaban J connectivity index is 1.46. The number of amides is 2. The Labute approximate surface area is 158 Å². The van der Waals surface area contributed by atoms with Crippen molar-refractivity contribution in [2.45, 2.75) is 26.3 Å². The Hall–Kier alpha value is -2.89. The van der Waals surface area contributed by atoms with Gasteiger partial charge in [0.05, 0.1) is 12.2 Å². The van der Waals surface area contributed by atoms with E-state index in [1.54, 1.807) is 24.3 Å². The number of nitrogens with one attached hydrogen (secondary N) is 2. The quantitative estimate of drug-likeness (QED) is 0.823. The Morgan fingerprint density at radius 1 is 1.07 bits per heavy atom. The van der Waals surface area contributed by atoms with Gasteiger partial charge in [0.25, 0.3) is 5.91 Å². The van der Waals surface area contributed by atoms with Crippen LogP contribution in [0.5, 0.6) is 0 Å². The van der Waals surface area contributed by atoms with E-state index >= 15 is 0 Å². The summed E-state index contributed by atoms with van der Waals surface area (Å²) in [4.78, 5) is 26.1. The van der Waals surface area contributed by atoms with E-state index in [-0.39, 0.29) is 24.2 Å². The maximum absolute atomic E-state index is 13.7. The van der Waals surface area contributed by atoms with Gasteiger partial charge >= 0.3 is 0 Å². The second-order valence-electron chi connectivity index (χ2n) is 6.81. The van der Waals surface area contributed by atoms with Crippen LogP contribution in [0.25, 0.3) is 0 Å². The highest BCUT2D eigenvalue weighted by atomic mass is 19.1. The molecule has 27 heavy (non-hydrogen) atoms. The van der Waals surface area contributed by atoms with Crippen LogP contribution >= 0.6 is 0 Å². The molecule has 2 N–H and O–H groups in total. The number of likely N-dealkylation sites (tertiary alicyclic amines) is 1. The fourth-order valence-corrected chi connectivity index (χ4v) is 3.07. The summed E-state index contributed by atoms with van der Waals surface area (Å²) in [5.41, 5.74) is 2.71. The Kier molecular flexibility index (Phi) is 6.06. The minimum absolute atomic E-state index is 0.00842. The van der Waals surface area contributed by atoms with Crippen molar-refractivity contribution < 1.29 is 14.0 Å². The lowest BCUT2D eigenvalue weighted by molar-refractivity contribution is -0.119. The highest BCUT2D eigenvalue weighted by Gasteiger charge is 2.19. The monoisotopic (exact) mass is 369 g/mol. The van der Waals surface area contributed by atoms with Crippen molar-refractivity contribution in [3.63, 3.8) is 0 Å². The van der Waals surface area contributed by atoms with Gasteiger partial charge in [0.15, 0.2) is 0 Å². The zero-order valence-electron chi connectivity index (χ0n) is 15.4. The second-order valence-corrected chi connectivity index (χ2v) is 6.81. The third-order valence-electron chi connectivity index (χ3n) is 4.65. The summed E-state index contributed by atoms with van der Waals surface area (Å²) in [6.45, 7) is 3.81. The predicted molar refractivity (Wildman–Crippen MR) is 103 cm³/mol. The maximum atomic E-state index is 13.7. The van der Waals surface area contributed by atoms with Crippen LogP contribution in [0.1, 0.15) is 34.3 Å². The Morgan fingerprint density at radius 2 is 1.78 bits per heavy atom. The molecule has 0 aliphatic carbocycles. The first-order chi connectivity index (χ1) is 13.0. The van der Waals surface area contributed by atoms with Crippen molar-refractivity contribution >= 4 is 17.5 Å². The Bertz CT molecular complexity index is 815. The number of nitrogens with zero attached hydrogens (tertiary/aromatic N) is 1. The zero-order chi connectivity index (χ0) is 19.2. The van der Waals surface area contributed by atoms with E-state index in [2.05, 4.69) is 10.6 Å². The van der Waals surface area contributed by atoms with Gasteiger partial charge in [-0.3, -0.25) is 9.59 Å². The molecule has 2 aromatic rings. The van der Waals surface area contributed by atoms with Crippen molar-refractivity contribution in [3.8, 4) is 0 Å². The molecule has 0 bridgehead atoms. The van der Waals surface area contributed by atoms with Crippen LogP contribution in [0.2, 0.25) is 0 Å². The molecular weight excluding hydrogens is 345 g/mol. The molecule has 5 nitrogen and oxygen atoms in total. The summed E-state index contributed by atoms with van der Waals surface area (Å²) in [5.74, 6) is -0.541. The summed E-state index contributed by atoms with van der Waals surface area (Å²) in [6, 6.07) is 12.1. The molecule has 2 amide bonds. The molecule has 142 valence electrons. The largest absolute Gasteiger partial charge is 0.374 e. The lowest BCUT2D eigenvalue weighted by atomic mass is 10.1. The standard InChI is InChI=1S/C21H24FN3O2/c1-15-4-9-19(18(22)12-15)23-14-20(26)24-13-16-5-7-17(8-6-16)21(27)25-10-2-3-11-25/h4-9,12,23H,2-3,10-11,13-14H2,1H3,(H,24,26). The minimum atomic E-state index is -0.374. The van der Waals surface area contributed by atoms with E-state index in [0.29, 0.717) is 17.8 Å². The number of aryl methyl sites for hydroxylation is 1. The molecule has 0 atom stereocenters. The van der Waals surface area contributed by atoms with Gasteiger partial charge in [-0.25, -0.2) is 4.39 Å². The van der Waals surface area contributed by atoms with E-state index in [1.807, 2.05) is 24.0 Å². The van der Waals surface area contributed by atoms with Crippen molar-refractivity contribution in [1.82, 2.24) is 10.2 Å². The van der Waals surface area contributed by atoms with Crippen LogP contribution in [0.15, 0.2) is 42.5 Å². The molecule has 1 aliphatic heterocycles. The highest BCUT2D eigenvalue weighted by Crippen LogP contribution is 2.15. The van der Waals surface area contributed by atoms with Gasteiger partial charge in [-0.05, 0) is 55.2 Å². The summed E-state index contributed by atoms with van der Waals surface area (Å²) < 4.78 is 13.7. The smallest absolute Gasteiger partial charge is 0.253 e. The molecule has 0 aromatic heterocycles. The SMILES string of the molecule is Cc1ccc(NCC(=O)NCc2ccc(C(=O)N3CCCC3)cc2)c(F)c1. The zero-order valence-corrected chi connectivity index (χ0v) is 15.4. The number of hydrogen-bond acceptors (Lipinski definition) is 3. The average Bonchev–Trinajstić information content (AvgIpc) is 3.20. The maximum Gasteiger partial charge on any atom is 0.253 e. The van der Waals surface area contributed by atoms with Crippen LogP contribution < -0.4 is 10.6 Å². The number of carbonyl (C=O) groups is 2. The third kappa shape index (κ3) is 5.06. The number of hydrogen-bond donors (Lipinski definition) is 2. The fourth-order valence-electron chi connectivity index (χ4n) is 3.07. The van der Waals surface area contributed by atoms with Crippen molar-refractivity contribution in [2.24, 2.45) is 0 Å². The lowest BCUT2D eigenvalue weighted by Crippen LogP contribution is -2.29. The van der Waals surface area contributed by atoms with Crippen LogP contribution in [-0.4, -0.2) is 36.3 Å². The third-order valence-corrected chi connectivity index (χ3v) is 4.65. The summed E-state index contributed by atoms with van der Waals surface area (Å²) >= 11 is 0. The molecule has 1 aliphatic rings. The van der Waals surface area contributed by atoms with Crippen molar-refractivity contribution in [2.75, 3.05) is 25.0 Å². The van der Waals surface area contributed by atoms with Gasteiger partial charge in [0.2, 0.25) is 5.91 Å². The molecule has 1 saturated heterocycles. The van der Waals surface area contributed by atoms with Gasteiger partial charge in [-0.15, -0.1) is 0 Å². The first kappa shape index (κ1) is 18.9. The molecule has 6 heteroatoms. The fraction of sp³-hybridized carbons (Fsp3) is 0.333. The van der Waals surface area contributed by atoms with Gasteiger partial charge in [-0.1, -0.05) is 18.2 Å². The molecule has 0 unspecified atom stereocenters. The van der Waals surface area contributed by atoms with E-state index in [9.17, 15) is 14.0 Å². The normalized spacial score (nSPS) is 13.5. The van der Waals surface area contributed by atoms with Crippen LogP contribution in [0.4, 0.5) is 10.1 Å². The van der Waals surface area contributed by atoms with Gasteiger partial charge in [0, 0.05) is 25.2 Å². The van der Waals surface area contributed by atoms with E-state index in [4.69, 9.17) is 0 Å². The van der Waals surface area contributed by atoms with Crippen molar-refractivity contribution in [3.05, 3.63) is 65.0 Å². The number of carbonyl (C=O) groups excluding carboxylic acids is 2. The number of rotatable bonds is 6. The Morgan fingerprint density at radius 3 is 2.44 bits per heavy atom. The average molecular weight is 369 g/mol. The number of anilines is 1. The highest BCUT2D eigenvalue weighted by molar-refractivity contribution is 5.94. The summed E-state index contributed by atoms with van der Waals surface area (Å²) in [5, 5.41) is 5.58. The molecule has 1 fully saturated rings. The molecule has 0 saturated carbocycles. The second kappa shape index (κ2) is 8.66. The predicted octanol–water partition coefficient (Wildman–Crippen LogP) is 3.10. The van der Waals surface area contributed by atoms with E-state index in [0.717, 1.165) is 37.1 Å².